The summed E-state index contributed by atoms with van der Waals surface area (Å²) in [5.41, 5.74) is 1.82. The van der Waals surface area contributed by atoms with Gasteiger partial charge in [0.05, 0.1) is 24.6 Å². The second kappa shape index (κ2) is 8.02. The van der Waals surface area contributed by atoms with Crippen LogP contribution in [0.2, 0.25) is 0 Å². The Morgan fingerprint density at radius 1 is 1.17 bits per heavy atom. The predicted molar refractivity (Wildman–Crippen MR) is 105 cm³/mol. The molecule has 1 amide bonds. The molecule has 0 fully saturated rings. The molecule has 8 heteroatoms. The maximum Gasteiger partial charge on any atom is 0.287 e. The lowest BCUT2D eigenvalue weighted by Gasteiger charge is -2.11. The monoisotopic (exact) mass is 409 g/mol. The van der Waals surface area contributed by atoms with Gasteiger partial charge in [-0.05, 0) is 48.9 Å². The maximum atomic E-state index is 13.6. The Morgan fingerprint density at radius 3 is 2.76 bits per heavy atom. The number of halogens is 1. The average molecular weight is 409 g/mol. The van der Waals surface area contributed by atoms with Crippen LogP contribution in [0.4, 0.5) is 4.39 Å². The van der Waals surface area contributed by atoms with Gasteiger partial charge in [-0.25, -0.2) is 4.39 Å². The third kappa shape index (κ3) is 4.28. The van der Waals surface area contributed by atoms with Crippen molar-refractivity contribution in [1.29, 1.82) is 0 Å². The van der Waals surface area contributed by atoms with Crippen LogP contribution in [0, 0.1) is 12.7 Å². The molecule has 0 aliphatic carbocycles. The quantitative estimate of drug-likeness (QED) is 0.507. The van der Waals surface area contributed by atoms with Crippen LogP contribution in [-0.2, 0) is 17.7 Å². The first-order chi connectivity index (χ1) is 14.0. The summed E-state index contributed by atoms with van der Waals surface area (Å²) in [5, 5.41) is 3.52. The average Bonchev–Trinajstić information content (AvgIpc) is 3.15. The fourth-order valence-corrected chi connectivity index (χ4v) is 3.95. The third-order valence-corrected chi connectivity index (χ3v) is 5.55. The Balaban J connectivity index is 1.42. The largest absolute Gasteiger partial charge is 0.606 e. The van der Waals surface area contributed by atoms with Crippen LogP contribution in [0.5, 0.6) is 0 Å². The summed E-state index contributed by atoms with van der Waals surface area (Å²) in [4.78, 5) is 21.3. The predicted octanol–water partition coefficient (Wildman–Crippen LogP) is 3.77. The summed E-state index contributed by atoms with van der Waals surface area (Å²) in [7, 11) is 0. The number of amides is 1. The van der Waals surface area contributed by atoms with Gasteiger partial charge in [0.2, 0.25) is 0 Å². The van der Waals surface area contributed by atoms with Crippen molar-refractivity contribution in [2.75, 3.05) is 0 Å². The Hall–Kier alpha value is -3.23. The standard InChI is InChI=1S/C21H16FN3O3S/c1-13-6-15(22)9-18(7-13)29(27)17-3-2-16(24-11-17)10-25-21(26)19-8-14-4-5-23-12-20(14)28-19/h2-9,11-12H,10H2,1H3,(H,25,26). The molecule has 0 saturated heterocycles. The highest BCUT2D eigenvalue weighted by Gasteiger charge is 2.17. The highest BCUT2D eigenvalue weighted by molar-refractivity contribution is 7.91. The first-order valence-corrected chi connectivity index (χ1v) is 9.90. The normalized spacial score (nSPS) is 12.1. The third-order valence-electron chi connectivity index (χ3n) is 4.22. The van der Waals surface area contributed by atoms with E-state index in [0.29, 0.717) is 26.6 Å². The number of fused-ring (bicyclic) bond motifs is 1. The minimum atomic E-state index is -1.54. The van der Waals surface area contributed by atoms with E-state index in [-0.39, 0.29) is 18.2 Å². The van der Waals surface area contributed by atoms with Crippen molar-refractivity contribution in [3.8, 4) is 0 Å². The summed E-state index contributed by atoms with van der Waals surface area (Å²) in [6, 6.07) is 11.0. The summed E-state index contributed by atoms with van der Waals surface area (Å²) >= 11 is -1.54. The fourth-order valence-electron chi connectivity index (χ4n) is 2.83. The van der Waals surface area contributed by atoms with Gasteiger partial charge in [0.1, 0.15) is 5.82 Å². The summed E-state index contributed by atoms with van der Waals surface area (Å²) in [6.07, 6.45) is 4.64. The van der Waals surface area contributed by atoms with Gasteiger partial charge in [0, 0.05) is 28.8 Å². The fraction of sp³-hybridized carbons (Fsp3) is 0.0952. The molecule has 0 bridgehead atoms. The lowest BCUT2D eigenvalue weighted by Crippen LogP contribution is -2.22. The van der Waals surface area contributed by atoms with Crippen molar-refractivity contribution >= 4 is 28.1 Å². The Kier molecular flexibility index (Phi) is 5.28. The molecule has 6 nitrogen and oxygen atoms in total. The van der Waals surface area contributed by atoms with Crippen molar-refractivity contribution in [3.05, 3.63) is 83.9 Å². The number of hydrogen-bond donors (Lipinski definition) is 1. The first-order valence-electron chi connectivity index (χ1n) is 8.75. The molecule has 29 heavy (non-hydrogen) atoms. The van der Waals surface area contributed by atoms with Crippen molar-refractivity contribution in [1.82, 2.24) is 15.3 Å². The van der Waals surface area contributed by atoms with Crippen LogP contribution in [0.1, 0.15) is 21.8 Å². The van der Waals surface area contributed by atoms with E-state index in [1.165, 1.54) is 18.3 Å². The minimum Gasteiger partial charge on any atom is -0.606 e. The van der Waals surface area contributed by atoms with Gasteiger partial charge in [0.15, 0.2) is 21.1 Å². The number of benzene rings is 1. The number of rotatable bonds is 5. The molecule has 4 aromatic rings. The Labute approximate surface area is 169 Å². The van der Waals surface area contributed by atoms with Crippen LogP contribution in [0.25, 0.3) is 11.0 Å². The van der Waals surface area contributed by atoms with E-state index in [0.717, 1.165) is 5.39 Å². The summed E-state index contributed by atoms with van der Waals surface area (Å²) < 4.78 is 31.6. The molecule has 1 unspecified atom stereocenters. The van der Waals surface area contributed by atoms with Crippen molar-refractivity contribution < 1.29 is 18.2 Å². The second-order valence-electron chi connectivity index (χ2n) is 6.43. The number of nitrogens with one attached hydrogen (secondary N) is 1. The van der Waals surface area contributed by atoms with Crippen LogP contribution < -0.4 is 5.32 Å². The van der Waals surface area contributed by atoms with Gasteiger partial charge in [-0.1, -0.05) is 0 Å². The van der Waals surface area contributed by atoms with Crippen LogP contribution in [-0.4, -0.2) is 20.4 Å². The first kappa shape index (κ1) is 19.1. The molecule has 146 valence electrons. The van der Waals surface area contributed by atoms with Gasteiger partial charge in [0.25, 0.3) is 5.91 Å². The molecule has 0 aliphatic heterocycles. The van der Waals surface area contributed by atoms with E-state index in [9.17, 15) is 13.7 Å². The molecule has 1 atom stereocenters. The van der Waals surface area contributed by atoms with Gasteiger partial charge < -0.3 is 14.3 Å². The number of nitrogens with zero attached hydrogens (tertiary/aromatic N) is 2. The zero-order valence-electron chi connectivity index (χ0n) is 15.4. The Morgan fingerprint density at radius 2 is 2.03 bits per heavy atom. The highest BCUT2D eigenvalue weighted by atomic mass is 32.2. The smallest absolute Gasteiger partial charge is 0.287 e. The Bertz CT molecular complexity index is 1120. The molecule has 0 radical (unpaired) electrons. The SMILES string of the molecule is Cc1cc(F)cc([S+]([O-])c2ccc(CNC(=O)c3cc4ccncc4o3)nc2)c1. The summed E-state index contributed by atoms with van der Waals surface area (Å²) in [6.45, 7) is 1.92. The highest BCUT2D eigenvalue weighted by Crippen LogP contribution is 2.22. The van der Waals surface area contributed by atoms with E-state index in [1.807, 2.05) is 0 Å². The lowest BCUT2D eigenvalue weighted by atomic mass is 10.2. The van der Waals surface area contributed by atoms with Crippen molar-refractivity contribution in [2.45, 2.75) is 23.3 Å². The van der Waals surface area contributed by atoms with Gasteiger partial charge in [-0.3, -0.25) is 14.8 Å². The summed E-state index contributed by atoms with van der Waals surface area (Å²) in [5.74, 6) is -0.611. The molecule has 4 rings (SSSR count). The van der Waals surface area contributed by atoms with Crippen molar-refractivity contribution in [3.63, 3.8) is 0 Å². The van der Waals surface area contributed by atoms with E-state index < -0.39 is 17.0 Å². The minimum absolute atomic E-state index is 0.181. The molecular weight excluding hydrogens is 393 g/mol. The molecular formula is C21H16FN3O3S. The zero-order valence-corrected chi connectivity index (χ0v) is 16.2. The maximum absolute atomic E-state index is 13.6. The van der Waals surface area contributed by atoms with Gasteiger partial charge >= 0.3 is 0 Å². The second-order valence-corrected chi connectivity index (χ2v) is 7.91. The molecule has 3 heterocycles. The molecule has 1 aromatic carbocycles. The number of aryl methyl sites for hydroxylation is 1. The molecule has 1 N–H and O–H groups in total. The number of carbonyl (C=O) groups is 1. The molecule has 3 aromatic heterocycles. The van der Waals surface area contributed by atoms with E-state index in [2.05, 4.69) is 15.3 Å². The van der Waals surface area contributed by atoms with Crippen LogP contribution in [0.3, 0.4) is 0 Å². The molecule has 0 spiro atoms. The topological polar surface area (TPSA) is 91.1 Å². The van der Waals surface area contributed by atoms with Gasteiger partial charge in [-0.15, -0.1) is 0 Å². The van der Waals surface area contributed by atoms with E-state index in [1.54, 1.807) is 49.6 Å². The lowest BCUT2D eigenvalue weighted by molar-refractivity contribution is 0.0925. The van der Waals surface area contributed by atoms with Crippen molar-refractivity contribution in [2.24, 2.45) is 0 Å². The van der Waals surface area contributed by atoms with Crippen LogP contribution >= 0.6 is 0 Å². The number of carbonyl (C=O) groups excluding carboxylic acids is 1. The number of furan rings is 1. The number of hydrogen-bond acceptors (Lipinski definition) is 5. The molecule has 0 saturated carbocycles. The van der Waals surface area contributed by atoms with Gasteiger partial charge in [-0.2, -0.15) is 0 Å². The number of pyridine rings is 2. The van der Waals surface area contributed by atoms with E-state index in [4.69, 9.17) is 4.42 Å². The van der Waals surface area contributed by atoms with E-state index >= 15 is 0 Å². The van der Waals surface area contributed by atoms with Crippen LogP contribution in [0.15, 0.2) is 75.3 Å². The molecule has 0 aliphatic rings. The number of aromatic nitrogens is 2. The zero-order chi connectivity index (χ0) is 20.4.